The van der Waals surface area contributed by atoms with E-state index in [9.17, 15) is 18.3 Å². The third-order valence-electron chi connectivity index (χ3n) is 5.16. The molecular formula is C16H20F3NO. The van der Waals surface area contributed by atoms with Crippen molar-refractivity contribution in [3.63, 3.8) is 0 Å². The van der Waals surface area contributed by atoms with Crippen molar-refractivity contribution in [3.05, 3.63) is 35.4 Å². The van der Waals surface area contributed by atoms with E-state index in [-0.39, 0.29) is 5.92 Å². The molecule has 116 valence electrons. The maximum absolute atomic E-state index is 12.6. The molecule has 0 spiro atoms. The monoisotopic (exact) mass is 299 g/mol. The Kier molecular flexibility index (Phi) is 3.74. The van der Waals surface area contributed by atoms with Crippen molar-refractivity contribution in [2.45, 2.75) is 50.0 Å². The van der Waals surface area contributed by atoms with Gasteiger partial charge in [0.2, 0.25) is 0 Å². The molecule has 0 radical (unpaired) electrons. The number of hydrogen-bond donors (Lipinski definition) is 1. The van der Waals surface area contributed by atoms with Crippen molar-refractivity contribution in [2.24, 2.45) is 5.92 Å². The summed E-state index contributed by atoms with van der Waals surface area (Å²) in [5.74, 6) is 0.149. The van der Waals surface area contributed by atoms with Crippen LogP contribution < -0.4 is 0 Å². The summed E-state index contributed by atoms with van der Waals surface area (Å²) in [6.45, 7) is 0. The zero-order valence-electron chi connectivity index (χ0n) is 12.0. The van der Waals surface area contributed by atoms with E-state index in [2.05, 4.69) is 11.9 Å². The maximum atomic E-state index is 12.6. The van der Waals surface area contributed by atoms with Crippen LogP contribution in [-0.4, -0.2) is 29.1 Å². The van der Waals surface area contributed by atoms with Crippen LogP contribution in [0.25, 0.3) is 0 Å². The van der Waals surface area contributed by atoms with E-state index in [1.807, 2.05) is 0 Å². The topological polar surface area (TPSA) is 23.5 Å². The normalized spacial score (nSPS) is 31.4. The van der Waals surface area contributed by atoms with Gasteiger partial charge in [0.25, 0.3) is 0 Å². The first kappa shape index (κ1) is 14.9. The molecule has 0 amide bonds. The standard InChI is InChI=1S/C16H20F3NO/c1-20-13-6-7-14(20)9-11(8-13)15(21)10-2-4-12(5-3-10)16(17,18)19/h2-5,11,13-15,21H,6-9H2,1H3. The van der Waals surface area contributed by atoms with Crippen molar-refractivity contribution >= 4 is 0 Å². The number of halogens is 3. The van der Waals surface area contributed by atoms with Crippen molar-refractivity contribution in [1.29, 1.82) is 0 Å². The second kappa shape index (κ2) is 5.29. The van der Waals surface area contributed by atoms with E-state index in [0.29, 0.717) is 17.6 Å². The molecule has 1 aromatic carbocycles. The van der Waals surface area contributed by atoms with Crippen molar-refractivity contribution in [2.75, 3.05) is 7.05 Å². The minimum atomic E-state index is -4.32. The molecular weight excluding hydrogens is 279 g/mol. The highest BCUT2D eigenvalue weighted by Crippen LogP contribution is 2.42. The molecule has 0 aliphatic carbocycles. The predicted octanol–water partition coefficient (Wildman–Crippen LogP) is 3.61. The molecule has 1 aromatic rings. The van der Waals surface area contributed by atoms with E-state index in [0.717, 1.165) is 37.8 Å². The molecule has 3 unspecified atom stereocenters. The fourth-order valence-corrected chi connectivity index (χ4v) is 3.85. The van der Waals surface area contributed by atoms with Gasteiger partial charge in [0.05, 0.1) is 11.7 Å². The number of alkyl halides is 3. The maximum Gasteiger partial charge on any atom is 0.416 e. The van der Waals surface area contributed by atoms with Crippen LogP contribution in [0.5, 0.6) is 0 Å². The van der Waals surface area contributed by atoms with Gasteiger partial charge in [-0.25, -0.2) is 0 Å². The molecule has 3 rings (SSSR count). The average molecular weight is 299 g/mol. The minimum Gasteiger partial charge on any atom is -0.388 e. The van der Waals surface area contributed by atoms with Crippen LogP contribution in [0, 0.1) is 5.92 Å². The van der Waals surface area contributed by atoms with Gasteiger partial charge in [0.15, 0.2) is 0 Å². The number of fused-ring (bicyclic) bond motifs is 2. The van der Waals surface area contributed by atoms with Gasteiger partial charge in [-0.15, -0.1) is 0 Å². The van der Waals surface area contributed by atoms with Crippen LogP contribution in [0.4, 0.5) is 13.2 Å². The van der Waals surface area contributed by atoms with Crippen LogP contribution in [0.1, 0.15) is 42.9 Å². The van der Waals surface area contributed by atoms with Crippen LogP contribution >= 0.6 is 0 Å². The summed E-state index contributed by atoms with van der Waals surface area (Å²) in [7, 11) is 2.13. The van der Waals surface area contributed by atoms with Gasteiger partial charge in [0.1, 0.15) is 0 Å². The third kappa shape index (κ3) is 2.81. The van der Waals surface area contributed by atoms with Crippen molar-refractivity contribution < 1.29 is 18.3 Å². The molecule has 2 bridgehead atoms. The molecule has 5 heteroatoms. The second-order valence-electron chi connectivity index (χ2n) is 6.35. The van der Waals surface area contributed by atoms with Gasteiger partial charge in [0, 0.05) is 12.1 Å². The summed E-state index contributed by atoms with van der Waals surface area (Å²) in [5.41, 5.74) is -0.0705. The van der Waals surface area contributed by atoms with E-state index < -0.39 is 17.8 Å². The molecule has 1 N–H and O–H groups in total. The summed E-state index contributed by atoms with van der Waals surface area (Å²) >= 11 is 0. The summed E-state index contributed by atoms with van der Waals surface area (Å²) in [5, 5.41) is 10.5. The Hall–Kier alpha value is -1.07. The summed E-state index contributed by atoms with van der Waals surface area (Å²) in [4.78, 5) is 2.38. The van der Waals surface area contributed by atoms with Gasteiger partial charge in [-0.05, 0) is 56.3 Å². The fourth-order valence-electron chi connectivity index (χ4n) is 3.85. The summed E-state index contributed by atoms with van der Waals surface area (Å²) in [6.07, 6.45) is -0.806. The zero-order valence-corrected chi connectivity index (χ0v) is 12.0. The highest BCUT2D eigenvalue weighted by atomic mass is 19.4. The Morgan fingerprint density at radius 2 is 1.62 bits per heavy atom. The summed E-state index contributed by atoms with van der Waals surface area (Å²) < 4.78 is 37.7. The Morgan fingerprint density at radius 3 is 2.10 bits per heavy atom. The molecule has 2 nitrogen and oxygen atoms in total. The molecule has 0 saturated carbocycles. The molecule has 3 atom stereocenters. The smallest absolute Gasteiger partial charge is 0.388 e. The van der Waals surface area contributed by atoms with E-state index in [4.69, 9.17) is 0 Å². The Bertz CT molecular complexity index is 485. The van der Waals surface area contributed by atoms with Gasteiger partial charge >= 0.3 is 6.18 Å². The number of aliphatic hydroxyl groups excluding tert-OH is 1. The van der Waals surface area contributed by atoms with Crippen LogP contribution in [0.15, 0.2) is 24.3 Å². The Morgan fingerprint density at radius 1 is 1.10 bits per heavy atom. The third-order valence-corrected chi connectivity index (χ3v) is 5.16. The van der Waals surface area contributed by atoms with E-state index >= 15 is 0 Å². The van der Waals surface area contributed by atoms with Gasteiger partial charge in [-0.2, -0.15) is 13.2 Å². The molecule has 2 fully saturated rings. The number of piperidine rings is 1. The molecule has 2 heterocycles. The summed E-state index contributed by atoms with van der Waals surface area (Å²) in [6, 6.07) is 5.96. The van der Waals surface area contributed by atoms with E-state index in [1.54, 1.807) is 0 Å². The molecule has 21 heavy (non-hydrogen) atoms. The predicted molar refractivity (Wildman–Crippen MR) is 73.7 cm³/mol. The van der Waals surface area contributed by atoms with Gasteiger partial charge in [-0.1, -0.05) is 12.1 Å². The molecule has 2 saturated heterocycles. The number of aliphatic hydroxyl groups is 1. The van der Waals surface area contributed by atoms with Crippen LogP contribution in [-0.2, 0) is 6.18 Å². The fraction of sp³-hybridized carbons (Fsp3) is 0.625. The highest BCUT2D eigenvalue weighted by molar-refractivity contribution is 5.26. The first-order chi connectivity index (χ1) is 9.86. The molecule has 0 aromatic heterocycles. The van der Waals surface area contributed by atoms with Crippen molar-refractivity contribution in [1.82, 2.24) is 4.90 Å². The number of rotatable bonds is 2. The van der Waals surface area contributed by atoms with Gasteiger partial charge < -0.3 is 10.0 Å². The van der Waals surface area contributed by atoms with E-state index in [1.165, 1.54) is 12.1 Å². The first-order valence-electron chi connectivity index (χ1n) is 7.43. The van der Waals surface area contributed by atoms with Crippen LogP contribution in [0.3, 0.4) is 0 Å². The molecule has 2 aliphatic rings. The molecule has 2 aliphatic heterocycles. The number of benzene rings is 1. The Labute approximate surface area is 122 Å². The minimum absolute atomic E-state index is 0.149. The lowest BCUT2D eigenvalue weighted by atomic mass is 9.83. The number of hydrogen-bond acceptors (Lipinski definition) is 2. The quantitative estimate of drug-likeness (QED) is 0.901. The Balaban J connectivity index is 1.72. The number of nitrogens with zero attached hydrogens (tertiary/aromatic N) is 1. The lowest BCUT2D eigenvalue weighted by Crippen LogP contribution is -2.41. The zero-order chi connectivity index (χ0) is 15.2. The SMILES string of the molecule is CN1C2CCC1CC(C(O)c1ccc(C(F)(F)F)cc1)C2. The lowest BCUT2D eigenvalue weighted by Gasteiger charge is -2.38. The van der Waals surface area contributed by atoms with Crippen LogP contribution in [0.2, 0.25) is 0 Å². The van der Waals surface area contributed by atoms with Gasteiger partial charge in [-0.3, -0.25) is 0 Å². The van der Waals surface area contributed by atoms with Crippen molar-refractivity contribution in [3.8, 4) is 0 Å². The average Bonchev–Trinajstić information content (AvgIpc) is 2.66. The largest absolute Gasteiger partial charge is 0.416 e. The highest BCUT2D eigenvalue weighted by Gasteiger charge is 2.41. The lowest BCUT2D eigenvalue weighted by molar-refractivity contribution is -0.137. The first-order valence-corrected chi connectivity index (χ1v) is 7.43. The second-order valence-corrected chi connectivity index (χ2v) is 6.35.